The largest absolute Gasteiger partial charge is 0.391 e. The Morgan fingerprint density at radius 3 is 2.75 bits per heavy atom. The highest BCUT2D eigenvalue weighted by molar-refractivity contribution is 5.56. The number of piperidine rings is 1. The number of aliphatic hydroxyl groups is 1. The number of pyridine rings is 1. The van der Waals surface area contributed by atoms with Gasteiger partial charge in [0.1, 0.15) is 11.5 Å². The Morgan fingerprint density at radius 1 is 1.30 bits per heavy atom. The third-order valence-corrected chi connectivity index (χ3v) is 3.93. The molecule has 0 aliphatic carbocycles. The average molecular weight is 273 g/mol. The molecule has 0 spiro atoms. The number of aromatic nitrogens is 2. The van der Waals surface area contributed by atoms with Gasteiger partial charge in [-0.2, -0.15) is 0 Å². The van der Waals surface area contributed by atoms with Gasteiger partial charge in [0, 0.05) is 19.3 Å². The predicted molar refractivity (Wildman–Crippen MR) is 78.2 cm³/mol. The molecule has 1 saturated heterocycles. The first kappa shape index (κ1) is 13.1. The van der Waals surface area contributed by atoms with Crippen LogP contribution in [0.2, 0.25) is 0 Å². The predicted octanol–water partition coefficient (Wildman–Crippen LogP) is 1.49. The lowest BCUT2D eigenvalue weighted by Crippen LogP contribution is -2.34. The maximum Gasteiger partial charge on any atom is 0.265 e. The molecule has 1 aliphatic rings. The van der Waals surface area contributed by atoms with E-state index in [9.17, 15) is 9.90 Å². The molecular formula is C15H19N3O2. The molecule has 3 rings (SSSR count). The van der Waals surface area contributed by atoms with Crippen molar-refractivity contribution in [3.05, 3.63) is 39.8 Å². The highest BCUT2D eigenvalue weighted by atomic mass is 16.3. The van der Waals surface area contributed by atoms with E-state index >= 15 is 0 Å². The van der Waals surface area contributed by atoms with E-state index in [-0.39, 0.29) is 12.2 Å². The van der Waals surface area contributed by atoms with Crippen molar-refractivity contribution < 1.29 is 5.11 Å². The summed E-state index contributed by atoms with van der Waals surface area (Å²) < 4.78 is 1.52. The molecule has 0 radical (unpaired) electrons. The van der Waals surface area contributed by atoms with Crippen molar-refractivity contribution in [2.75, 3.05) is 18.0 Å². The van der Waals surface area contributed by atoms with Crippen molar-refractivity contribution in [1.29, 1.82) is 0 Å². The maximum atomic E-state index is 12.5. The monoisotopic (exact) mass is 273 g/mol. The number of nitrogens with zero attached hydrogens (tertiary/aromatic N) is 3. The van der Waals surface area contributed by atoms with Gasteiger partial charge in [-0.05, 0) is 37.8 Å². The molecule has 20 heavy (non-hydrogen) atoms. The Labute approximate surface area is 117 Å². The Hall–Kier alpha value is -1.88. The molecule has 0 aromatic carbocycles. The Kier molecular flexibility index (Phi) is 3.44. The van der Waals surface area contributed by atoms with E-state index < -0.39 is 0 Å². The SMILES string of the molecule is Cc1cccn2c(=O)c(CO)c(N3CCCCC3)nc12. The lowest BCUT2D eigenvalue weighted by molar-refractivity contribution is 0.279. The molecule has 1 fully saturated rings. The van der Waals surface area contributed by atoms with E-state index in [1.165, 1.54) is 10.8 Å². The number of aliphatic hydroxyl groups excluding tert-OH is 1. The van der Waals surface area contributed by atoms with Crippen LogP contribution in [0, 0.1) is 6.92 Å². The van der Waals surface area contributed by atoms with E-state index in [2.05, 4.69) is 9.88 Å². The quantitative estimate of drug-likeness (QED) is 0.900. The van der Waals surface area contributed by atoms with Gasteiger partial charge >= 0.3 is 0 Å². The molecular weight excluding hydrogens is 254 g/mol. The summed E-state index contributed by atoms with van der Waals surface area (Å²) in [6.07, 6.45) is 5.15. The fourth-order valence-corrected chi connectivity index (χ4v) is 2.83. The lowest BCUT2D eigenvalue weighted by atomic mass is 10.1. The van der Waals surface area contributed by atoms with Crippen LogP contribution >= 0.6 is 0 Å². The van der Waals surface area contributed by atoms with Crippen molar-refractivity contribution in [1.82, 2.24) is 9.38 Å². The number of fused-ring (bicyclic) bond motifs is 1. The summed E-state index contributed by atoms with van der Waals surface area (Å²) in [7, 11) is 0. The van der Waals surface area contributed by atoms with E-state index in [4.69, 9.17) is 0 Å². The average Bonchev–Trinajstić information content (AvgIpc) is 2.49. The number of rotatable bonds is 2. The normalized spacial score (nSPS) is 15.8. The first-order valence-corrected chi connectivity index (χ1v) is 7.09. The summed E-state index contributed by atoms with van der Waals surface area (Å²) in [6, 6.07) is 3.77. The first-order chi connectivity index (χ1) is 9.72. The third kappa shape index (κ3) is 2.08. The standard InChI is InChI=1S/C15H19N3O2/c1-11-6-5-9-18-13(11)16-14(12(10-19)15(18)20)17-7-3-2-4-8-17/h5-6,9,19H,2-4,7-8,10H2,1H3. The molecule has 0 saturated carbocycles. The van der Waals surface area contributed by atoms with Gasteiger partial charge in [0.2, 0.25) is 0 Å². The molecule has 0 amide bonds. The fourth-order valence-electron chi connectivity index (χ4n) is 2.83. The van der Waals surface area contributed by atoms with Gasteiger partial charge in [-0.1, -0.05) is 6.07 Å². The molecule has 0 atom stereocenters. The van der Waals surface area contributed by atoms with Crippen molar-refractivity contribution in [2.45, 2.75) is 32.8 Å². The number of aryl methyl sites for hydroxylation is 1. The van der Waals surface area contributed by atoms with Crippen molar-refractivity contribution in [3.63, 3.8) is 0 Å². The highest BCUT2D eigenvalue weighted by Crippen LogP contribution is 2.21. The summed E-state index contributed by atoms with van der Waals surface area (Å²) in [5.41, 5.74) is 1.87. The number of hydrogen-bond acceptors (Lipinski definition) is 4. The van der Waals surface area contributed by atoms with E-state index in [1.54, 1.807) is 6.20 Å². The molecule has 2 aromatic rings. The molecule has 5 heteroatoms. The zero-order valence-corrected chi connectivity index (χ0v) is 11.7. The van der Waals surface area contributed by atoms with Gasteiger partial charge in [0.25, 0.3) is 5.56 Å². The second kappa shape index (κ2) is 5.25. The van der Waals surface area contributed by atoms with Crippen LogP contribution in [0.15, 0.2) is 23.1 Å². The van der Waals surface area contributed by atoms with Gasteiger partial charge in [-0.3, -0.25) is 9.20 Å². The first-order valence-electron chi connectivity index (χ1n) is 7.09. The van der Waals surface area contributed by atoms with Gasteiger partial charge in [-0.15, -0.1) is 0 Å². The zero-order valence-electron chi connectivity index (χ0n) is 11.7. The Balaban J connectivity index is 2.24. The van der Waals surface area contributed by atoms with E-state index in [0.29, 0.717) is 17.0 Å². The smallest absolute Gasteiger partial charge is 0.265 e. The van der Waals surface area contributed by atoms with Gasteiger partial charge in [0.05, 0.1) is 12.2 Å². The van der Waals surface area contributed by atoms with Crippen LogP contribution in [0.25, 0.3) is 5.65 Å². The summed E-state index contributed by atoms with van der Waals surface area (Å²) in [6.45, 7) is 3.48. The molecule has 1 aliphatic heterocycles. The summed E-state index contributed by atoms with van der Waals surface area (Å²) in [4.78, 5) is 19.3. The van der Waals surface area contributed by atoms with Gasteiger partial charge < -0.3 is 10.0 Å². The molecule has 2 aromatic heterocycles. The molecule has 0 bridgehead atoms. The van der Waals surface area contributed by atoms with E-state index in [0.717, 1.165) is 31.5 Å². The van der Waals surface area contributed by atoms with Crippen LogP contribution < -0.4 is 10.5 Å². The minimum absolute atomic E-state index is 0.165. The van der Waals surface area contributed by atoms with Crippen molar-refractivity contribution >= 4 is 11.5 Å². The topological polar surface area (TPSA) is 57.8 Å². The minimum atomic E-state index is -0.269. The van der Waals surface area contributed by atoms with Crippen LogP contribution in [-0.4, -0.2) is 27.6 Å². The summed E-state index contributed by atoms with van der Waals surface area (Å²) in [5, 5.41) is 9.58. The minimum Gasteiger partial charge on any atom is -0.391 e. The molecule has 3 heterocycles. The van der Waals surface area contributed by atoms with Crippen LogP contribution in [0.1, 0.15) is 30.4 Å². The van der Waals surface area contributed by atoms with E-state index in [1.807, 2.05) is 19.1 Å². The number of anilines is 1. The zero-order chi connectivity index (χ0) is 14.1. The molecule has 5 nitrogen and oxygen atoms in total. The fraction of sp³-hybridized carbons (Fsp3) is 0.467. The summed E-state index contributed by atoms with van der Waals surface area (Å²) >= 11 is 0. The maximum absolute atomic E-state index is 12.5. The van der Waals surface area contributed by atoms with Gasteiger partial charge in [0.15, 0.2) is 0 Å². The van der Waals surface area contributed by atoms with Crippen LogP contribution in [0.3, 0.4) is 0 Å². The highest BCUT2D eigenvalue weighted by Gasteiger charge is 2.20. The van der Waals surface area contributed by atoms with Crippen molar-refractivity contribution in [2.24, 2.45) is 0 Å². The Bertz CT molecular complexity index is 687. The summed E-state index contributed by atoms with van der Waals surface area (Å²) in [5.74, 6) is 0.659. The van der Waals surface area contributed by atoms with Gasteiger partial charge in [-0.25, -0.2) is 4.98 Å². The second-order valence-electron chi connectivity index (χ2n) is 5.31. The Morgan fingerprint density at radius 2 is 2.05 bits per heavy atom. The second-order valence-corrected chi connectivity index (χ2v) is 5.31. The number of hydrogen-bond donors (Lipinski definition) is 1. The van der Waals surface area contributed by atoms with Crippen LogP contribution in [-0.2, 0) is 6.61 Å². The molecule has 106 valence electrons. The van der Waals surface area contributed by atoms with Crippen LogP contribution in [0.5, 0.6) is 0 Å². The molecule has 0 unspecified atom stereocenters. The molecule has 1 N–H and O–H groups in total. The van der Waals surface area contributed by atoms with Crippen LogP contribution in [0.4, 0.5) is 5.82 Å². The van der Waals surface area contributed by atoms with Crippen molar-refractivity contribution in [3.8, 4) is 0 Å². The third-order valence-electron chi connectivity index (χ3n) is 3.93. The lowest BCUT2D eigenvalue weighted by Gasteiger charge is -2.29.